The number of ether oxygens (including phenoxy) is 1. The van der Waals surface area contributed by atoms with Crippen LogP contribution >= 0.6 is 0 Å². The summed E-state index contributed by atoms with van der Waals surface area (Å²) in [6.45, 7) is 0.801. The van der Waals surface area contributed by atoms with Crippen molar-refractivity contribution in [2.75, 3.05) is 39.2 Å². The molecule has 0 aliphatic rings. The molecule has 0 aliphatic heterocycles. The maximum Gasteiger partial charge on any atom is 0.253 e. The number of halogens is 1. The van der Waals surface area contributed by atoms with E-state index in [1.807, 2.05) is 43.3 Å². The molecule has 0 atom stereocenters. The minimum absolute atomic E-state index is 0.0574. The van der Waals surface area contributed by atoms with Crippen LogP contribution in [0.15, 0.2) is 48.5 Å². The number of nitrogens with zero attached hydrogens (tertiary/aromatic N) is 2. The van der Waals surface area contributed by atoms with Crippen LogP contribution in [0.25, 0.3) is 0 Å². The second-order valence-corrected chi connectivity index (χ2v) is 5.47. The summed E-state index contributed by atoms with van der Waals surface area (Å²) in [5.74, 6) is 0.228. The van der Waals surface area contributed by atoms with Crippen molar-refractivity contribution in [1.82, 2.24) is 4.90 Å². The zero-order chi connectivity index (χ0) is 16.8. The number of rotatable bonds is 6. The molecule has 0 aliphatic carbocycles. The largest absolute Gasteiger partial charge is 0.492 e. The van der Waals surface area contributed by atoms with Gasteiger partial charge in [0.2, 0.25) is 0 Å². The fraction of sp³-hybridized carbons (Fsp3) is 0.278. The highest BCUT2D eigenvalue weighted by atomic mass is 19.1. The molecule has 0 bridgehead atoms. The smallest absolute Gasteiger partial charge is 0.253 e. The lowest BCUT2D eigenvalue weighted by Gasteiger charge is -2.18. The van der Waals surface area contributed by atoms with Gasteiger partial charge in [-0.05, 0) is 48.5 Å². The van der Waals surface area contributed by atoms with E-state index in [0.29, 0.717) is 24.5 Å². The molecular weight excluding hydrogens is 295 g/mol. The van der Waals surface area contributed by atoms with Crippen molar-refractivity contribution in [1.29, 1.82) is 0 Å². The van der Waals surface area contributed by atoms with Gasteiger partial charge in [0.05, 0.1) is 6.54 Å². The van der Waals surface area contributed by atoms with Gasteiger partial charge in [0.1, 0.15) is 18.2 Å². The predicted octanol–water partition coefficient (Wildman–Crippen LogP) is 3.04. The molecule has 2 aromatic rings. The van der Waals surface area contributed by atoms with Crippen LogP contribution in [0.3, 0.4) is 0 Å². The SMILES string of the molecule is CN(CCOc1ccc(F)cc1)C(=O)c1ccc(N(C)C)cc1. The molecule has 1 amide bonds. The zero-order valence-corrected chi connectivity index (χ0v) is 13.6. The molecule has 0 radical (unpaired) electrons. The fourth-order valence-electron chi connectivity index (χ4n) is 2.06. The Morgan fingerprint density at radius 2 is 1.61 bits per heavy atom. The van der Waals surface area contributed by atoms with E-state index in [9.17, 15) is 9.18 Å². The second kappa shape index (κ2) is 7.63. The average Bonchev–Trinajstić information content (AvgIpc) is 2.56. The first-order chi connectivity index (χ1) is 11.0. The molecule has 23 heavy (non-hydrogen) atoms. The third-order valence-corrected chi connectivity index (χ3v) is 3.49. The Morgan fingerprint density at radius 1 is 1.00 bits per heavy atom. The number of carbonyl (C=O) groups excluding carboxylic acids is 1. The van der Waals surface area contributed by atoms with E-state index in [1.165, 1.54) is 12.1 Å². The Kier molecular flexibility index (Phi) is 5.57. The van der Waals surface area contributed by atoms with Gasteiger partial charge in [-0.25, -0.2) is 4.39 Å². The summed E-state index contributed by atoms with van der Waals surface area (Å²) >= 11 is 0. The van der Waals surface area contributed by atoms with Crippen LogP contribution in [0.2, 0.25) is 0 Å². The molecule has 2 aromatic carbocycles. The van der Waals surface area contributed by atoms with Gasteiger partial charge >= 0.3 is 0 Å². The molecule has 5 heteroatoms. The predicted molar refractivity (Wildman–Crippen MR) is 89.6 cm³/mol. The summed E-state index contributed by atoms with van der Waals surface area (Å²) in [5, 5.41) is 0. The van der Waals surface area contributed by atoms with E-state index in [2.05, 4.69) is 0 Å². The number of anilines is 1. The van der Waals surface area contributed by atoms with Crippen LogP contribution in [0.1, 0.15) is 10.4 Å². The van der Waals surface area contributed by atoms with E-state index >= 15 is 0 Å². The van der Waals surface area contributed by atoms with Crippen molar-refractivity contribution in [2.24, 2.45) is 0 Å². The van der Waals surface area contributed by atoms with Crippen molar-refractivity contribution in [2.45, 2.75) is 0 Å². The van der Waals surface area contributed by atoms with Gasteiger partial charge in [0.15, 0.2) is 0 Å². The quantitative estimate of drug-likeness (QED) is 0.821. The monoisotopic (exact) mass is 316 g/mol. The Hall–Kier alpha value is -2.56. The number of hydrogen-bond donors (Lipinski definition) is 0. The summed E-state index contributed by atoms with van der Waals surface area (Å²) in [4.78, 5) is 15.9. The third kappa shape index (κ3) is 4.71. The molecule has 122 valence electrons. The van der Waals surface area contributed by atoms with Crippen LogP contribution < -0.4 is 9.64 Å². The summed E-state index contributed by atoms with van der Waals surface area (Å²) in [6, 6.07) is 13.3. The van der Waals surface area contributed by atoms with E-state index in [1.54, 1.807) is 24.1 Å². The lowest BCUT2D eigenvalue weighted by atomic mass is 10.2. The summed E-state index contributed by atoms with van der Waals surface area (Å²) < 4.78 is 18.3. The highest BCUT2D eigenvalue weighted by Crippen LogP contribution is 2.14. The lowest BCUT2D eigenvalue weighted by molar-refractivity contribution is 0.0774. The van der Waals surface area contributed by atoms with Crippen LogP contribution in [-0.2, 0) is 0 Å². The minimum Gasteiger partial charge on any atom is -0.492 e. The molecule has 0 fully saturated rings. The standard InChI is InChI=1S/C18H21FN2O2/c1-20(2)16-8-4-14(5-9-16)18(22)21(3)12-13-23-17-10-6-15(19)7-11-17/h4-11H,12-13H2,1-3H3. The first kappa shape index (κ1) is 16.8. The molecule has 0 aromatic heterocycles. The average molecular weight is 316 g/mol. The minimum atomic E-state index is -0.300. The van der Waals surface area contributed by atoms with E-state index < -0.39 is 0 Å². The van der Waals surface area contributed by atoms with Gasteiger partial charge in [-0.15, -0.1) is 0 Å². The highest BCUT2D eigenvalue weighted by Gasteiger charge is 2.11. The molecule has 0 unspecified atom stereocenters. The number of likely N-dealkylation sites (N-methyl/N-ethyl adjacent to an activating group) is 1. The summed E-state index contributed by atoms with van der Waals surface area (Å²) in [7, 11) is 5.64. The number of hydrogen-bond acceptors (Lipinski definition) is 3. The number of benzene rings is 2. The zero-order valence-electron chi connectivity index (χ0n) is 13.6. The van der Waals surface area contributed by atoms with Crippen molar-refractivity contribution in [3.05, 3.63) is 59.9 Å². The van der Waals surface area contributed by atoms with E-state index in [0.717, 1.165) is 5.69 Å². The normalized spacial score (nSPS) is 10.3. The van der Waals surface area contributed by atoms with Gasteiger partial charge in [-0.1, -0.05) is 0 Å². The number of carbonyl (C=O) groups is 1. The molecule has 0 saturated carbocycles. The summed E-state index contributed by atoms with van der Waals surface area (Å²) in [5.41, 5.74) is 1.68. The van der Waals surface area contributed by atoms with Crippen molar-refractivity contribution in [3.63, 3.8) is 0 Å². The van der Waals surface area contributed by atoms with Crippen molar-refractivity contribution < 1.29 is 13.9 Å². The molecule has 0 heterocycles. The highest BCUT2D eigenvalue weighted by molar-refractivity contribution is 5.94. The van der Waals surface area contributed by atoms with Gasteiger partial charge in [0.25, 0.3) is 5.91 Å². The van der Waals surface area contributed by atoms with Crippen LogP contribution in [0.5, 0.6) is 5.75 Å². The van der Waals surface area contributed by atoms with Gasteiger partial charge in [-0.2, -0.15) is 0 Å². The Bertz CT molecular complexity index is 639. The van der Waals surface area contributed by atoms with Crippen molar-refractivity contribution >= 4 is 11.6 Å². The second-order valence-electron chi connectivity index (χ2n) is 5.47. The number of amides is 1. The maximum atomic E-state index is 12.8. The molecule has 0 spiro atoms. The van der Waals surface area contributed by atoms with Crippen LogP contribution in [-0.4, -0.2) is 45.1 Å². The Balaban J connectivity index is 1.85. The molecule has 2 rings (SSSR count). The maximum absolute atomic E-state index is 12.8. The van der Waals surface area contributed by atoms with E-state index in [4.69, 9.17) is 4.74 Å². The summed E-state index contributed by atoms with van der Waals surface area (Å²) in [6.07, 6.45) is 0. The van der Waals surface area contributed by atoms with Gasteiger partial charge < -0.3 is 14.5 Å². The molecule has 0 N–H and O–H groups in total. The lowest BCUT2D eigenvalue weighted by Crippen LogP contribution is -2.30. The first-order valence-corrected chi connectivity index (χ1v) is 7.38. The Labute approximate surface area is 136 Å². The topological polar surface area (TPSA) is 32.8 Å². The third-order valence-electron chi connectivity index (χ3n) is 3.49. The molecule has 4 nitrogen and oxygen atoms in total. The van der Waals surface area contributed by atoms with Gasteiger partial charge in [0, 0.05) is 32.4 Å². The van der Waals surface area contributed by atoms with E-state index in [-0.39, 0.29) is 11.7 Å². The first-order valence-electron chi connectivity index (χ1n) is 7.38. The molecular formula is C18H21FN2O2. The van der Waals surface area contributed by atoms with Crippen LogP contribution in [0.4, 0.5) is 10.1 Å². The van der Waals surface area contributed by atoms with Crippen molar-refractivity contribution in [3.8, 4) is 5.75 Å². The van der Waals surface area contributed by atoms with Gasteiger partial charge in [-0.3, -0.25) is 4.79 Å². The molecule has 0 saturated heterocycles. The fourth-order valence-corrected chi connectivity index (χ4v) is 2.06. The van der Waals surface area contributed by atoms with Crippen LogP contribution in [0, 0.1) is 5.82 Å². The Morgan fingerprint density at radius 3 is 2.17 bits per heavy atom.